The zero-order chi connectivity index (χ0) is 11.5. The number of aromatic nitrogens is 1. The second-order valence-corrected chi connectivity index (χ2v) is 3.28. The molecule has 0 aliphatic carbocycles. The van der Waals surface area contributed by atoms with Crippen molar-refractivity contribution in [3.8, 4) is 6.07 Å². The first kappa shape index (κ1) is 10.2. The van der Waals surface area contributed by atoms with E-state index in [1.165, 1.54) is 6.07 Å². The summed E-state index contributed by atoms with van der Waals surface area (Å²) in [5, 5.41) is 11.4. The van der Waals surface area contributed by atoms with Crippen LogP contribution in [0.15, 0.2) is 24.4 Å². The lowest BCUT2D eigenvalue weighted by Gasteiger charge is -2.03. The Morgan fingerprint density at radius 2 is 2.38 bits per heavy atom. The predicted molar refractivity (Wildman–Crippen MR) is 57.1 cm³/mol. The van der Waals surface area contributed by atoms with Crippen LogP contribution in [0.5, 0.6) is 0 Å². The molecule has 0 atom stereocenters. The van der Waals surface area contributed by atoms with Crippen molar-refractivity contribution in [2.75, 3.05) is 5.32 Å². The lowest BCUT2D eigenvalue weighted by atomic mass is 10.2. The molecule has 2 N–H and O–H groups in total. The van der Waals surface area contributed by atoms with Crippen molar-refractivity contribution in [3.63, 3.8) is 0 Å². The van der Waals surface area contributed by atoms with E-state index >= 15 is 0 Å². The molecule has 0 bridgehead atoms. The van der Waals surface area contributed by atoms with Crippen LogP contribution in [0, 0.1) is 17.1 Å². The van der Waals surface area contributed by atoms with Crippen LogP contribution < -0.4 is 5.32 Å². The Balaban J connectivity index is 2.32. The number of halogens is 1. The fourth-order valence-electron chi connectivity index (χ4n) is 1.48. The zero-order valence-corrected chi connectivity index (χ0v) is 8.25. The number of nitrogens with zero attached hydrogens (tertiary/aromatic N) is 1. The third-order valence-electron chi connectivity index (χ3n) is 2.13. The normalized spacial score (nSPS) is 10.0. The third kappa shape index (κ3) is 1.86. The summed E-state index contributed by atoms with van der Waals surface area (Å²) >= 11 is 0. The lowest BCUT2D eigenvalue weighted by molar-refractivity contribution is -0.115. The molecule has 0 saturated carbocycles. The lowest BCUT2D eigenvalue weighted by Crippen LogP contribution is -2.10. The number of nitriles is 1. The third-order valence-corrected chi connectivity index (χ3v) is 2.13. The van der Waals surface area contributed by atoms with E-state index in [1.807, 2.05) is 0 Å². The minimum Gasteiger partial charge on any atom is -0.359 e. The molecule has 1 heterocycles. The SMILES string of the molecule is N#CCC(=O)Nc1cc(F)c2[nH]ccc2c1. The summed E-state index contributed by atoms with van der Waals surface area (Å²) < 4.78 is 13.5. The molecule has 0 aliphatic rings. The van der Waals surface area contributed by atoms with Crippen LogP contribution in [0.4, 0.5) is 10.1 Å². The highest BCUT2D eigenvalue weighted by atomic mass is 19.1. The van der Waals surface area contributed by atoms with Crippen LogP contribution in [0.2, 0.25) is 0 Å². The quantitative estimate of drug-likeness (QED) is 0.809. The Bertz CT molecular complexity index is 582. The van der Waals surface area contributed by atoms with Gasteiger partial charge >= 0.3 is 0 Å². The molecule has 0 radical (unpaired) electrons. The Hall–Kier alpha value is -2.35. The number of rotatable bonds is 2. The van der Waals surface area contributed by atoms with E-state index in [0.29, 0.717) is 16.6 Å². The maximum absolute atomic E-state index is 13.5. The Kier molecular flexibility index (Phi) is 2.56. The van der Waals surface area contributed by atoms with Crippen LogP contribution in [-0.4, -0.2) is 10.9 Å². The molecule has 0 unspecified atom stereocenters. The smallest absolute Gasteiger partial charge is 0.238 e. The molecule has 4 nitrogen and oxygen atoms in total. The van der Waals surface area contributed by atoms with E-state index < -0.39 is 11.7 Å². The maximum atomic E-state index is 13.5. The summed E-state index contributed by atoms with van der Waals surface area (Å²) in [7, 11) is 0. The minimum atomic E-state index is -0.447. The molecule has 0 saturated heterocycles. The number of aromatic amines is 1. The van der Waals surface area contributed by atoms with Gasteiger partial charge in [-0.2, -0.15) is 5.26 Å². The van der Waals surface area contributed by atoms with Crippen molar-refractivity contribution >= 4 is 22.5 Å². The minimum absolute atomic E-state index is 0.243. The molecule has 0 fully saturated rings. The van der Waals surface area contributed by atoms with Gasteiger partial charge in [0.1, 0.15) is 12.2 Å². The van der Waals surface area contributed by atoms with Gasteiger partial charge < -0.3 is 10.3 Å². The van der Waals surface area contributed by atoms with E-state index in [1.54, 1.807) is 24.4 Å². The summed E-state index contributed by atoms with van der Waals surface area (Å²) in [6, 6.07) is 6.29. The second kappa shape index (κ2) is 4.03. The van der Waals surface area contributed by atoms with Gasteiger partial charge in [-0.1, -0.05) is 0 Å². The Morgan fingerprint density at radius 3 is 3.12 bits per heavy atom. The molecule has 16 heavy (non-hydrogen) atoms. The summed E-state index contributed by atoms with van der Waals surface area (Å²) in [5.41, 5.74) is 0.753. The van der Waals surface area contributed by atoms with Crippen molar-refractivity contribution < 1.29 is 9.18 Å². The monoisotopic (exact) mass is 217 g/mol. The first-order valence-corrected chi connectivity index (χ1v) is 4.64. The first-order chi connectivity index (χ1) is 7.70. The number of H-pyrrole nitrogens is 1. The molecular formula is C11H8FN3O. The number of fused-ring (bicyclic) bond motifs is 1. The topological polar surface area (TPSA) is 68.7 Å². The molecule has 1 aromatic carbocycles. The summed E-state index contributed by atoms with van der Waals surface area (Å²) in [5.74, 6) is -0.883. The van der Waals surface area contributed by atoms with Gasteiger partial charge in [-0.25, -0.2) is 4.39 Å². The van der Waals surface area contributed by atoms with Gasteiger partial charge in [-0.15, -0.1) is 0 Å². The average molecular weight is 217 g/mol. The number of carbonyl (C=O) groups is 1. The van der Waals surface area contributed by atoms with Crippen molar-refractivity contribution in [1.82, 2.24) is 4.98 Å². The maximum Gasteiger partial charge on any atom is 0.238 e. The molecule has 0 spiro atoms. The molecule has 1 amide bonds. The van der Waals surface area contributed by atoms with Gasteiger partial charge in [-0.05, 0) is 18.2 Å². The number of hydrogen-bond acceptors (Lipinski definition) is 2. The Morgan fingerprint density at radius 1 is 1.56 bits per heavy atom. The highest BCUT2D eigenvalue weighted by Gasteiger charge is 2.07. The van der Waals surface area contributed by atoms with Crippen LogP contribution in [0.3, 0.4) is 0 Å². The molecule has 80 valence electrons. The zero-order valence-electron chi connectivity index (χ0n) is 8.25. The fraction of sp³-hybridized carbons (Fsp3) is 0.0909. The van der Waals surface area contributed by atoms with E-state index in [0.717, 1.165) is 0 Å². The fourth-order valence-corrected chi connectivity index (χ4v) is 1.48. The van der Waals surface area contributed by atoms with Gasteiger partial charge in [0.25, 0.3) is 0 Å². The van der Waals surface area contributed by atoms with Gasteiger partial charge in [0.2, 0.25) is 5.91 Å². The molecule has 1 aromatic heterocycles. The van der Waals surface area contributed by atoms with Gasteiger partial charge in [0.15, 0.2) is 0 Å². The average Bonchev–Trinajstić information content (AvgIpc) is 2.66. The van der Waals surface area contributed by atoms with Crippen molar-refractivity contribution in [3.05, 3.63) is 30.2 Å². The van der Waals surface area contributed by atoms with Crippen molar-refractivity contribution in [2.24, 2.45) is 0 Å². The van der Waals surface area contributed by atoms with Gasteiger partial charge in [0.05, 0.1) is 11.6 Å². The van der Waals surface area contributed by atoms with E-state index in [-0.39, 0.29) is 6.42 Å². The van der Waals surface area contributed by atoms with Gasteiger partial charge in [0, 0.05) is 17.3 Å². The van der Waals surface area contributed by atoms with E-state index in [9.17, 15) is 9.18 Å². The van der Waals surface area contributed by atoms with Crippen molar-refractivity contribution in [1.29, 1.82) is 5.26 Å². The molecular weight excluding hydrogens is 209 g/mol. The highest BCUT2D eigenvalue weighted by molar-refractivity contribution is 5.94. The van der Waals surface area contributed by atoms with Crippen LogP contribution in [0.1, 0.15) is 6.42 Å². The van der Waals surface area contributed by atoms with E-state index in [4.69, 9.17) is 5.26 Å². The van der Waals surface area contributed by atoms with Crippen LogP contribution in [0.25, 0.3) is 10.9 Å². The molecule has 2 aromatic rings. The van der Waals surface area contributed by atoms with Crippen LogP contribution >= 0.6 is 0 Å². The van der Waals surface area contributed by atoms with Gasteiger partial charge in [-0.3, -0.25) is 4.79 Å². The number of carbonyl (C=O) groups excluding carboxylic acids is 1. The largest absolute Gasteiger partial charge is 0.359 e. The number of benzene rings is 1. The second-order valence-electron chi connectivity index (χ2n) is 3.28. The molecule has 5 heteroatoms. The molecule has 2 rings (SSSR count). The number of hydrogen-bond donors (Lipinski definition) is 2. The van der Waals surface area contributed by atoms with E-state index in [2.05, 4.69) is 10.3 Å². The van der Waals surface area contributed by atoms with Crippen molar-refractivity contribution in [2.45, 2.75) is 6.42 Å². The summed E-state index contributed by atoms with van der Waals surface area (Å²) in [6.07, 6.45) is 1.38. The summed E-state index contributed by atoms with van der Waals surface area (Å²) in [6.45, 7) is 0. The predicted octanol–water partition coefficient (Wildman–Crippen LogP) is 2.16. The highest BCUT2D eigenvalue weighted by Crippen LogP contribution is 2.21. The standard InChI is InChI=1S/C11H8FN3O/c12-9-6-8(15-10(16)1-3-13)5-7-2-4-14-11(7)9/h2,4-6,14H,1H2,(H,15,16). The number of nitrogens with one attached hydrogen (secondary N) is 2. The molecule has 0 aliphatic heterocycles. The number of amides is 1. The Labute approximate surface area is 90.7 Å². The number of anilines is 1. The summed E-state index contributed by atoms with van der Waals surface area (Å²) in [4.78, 5) is 13.9. The first-order valence-electron chi connectivity index (χ1n) is 4.64. The van der Waals surface area contributed by atoms with Crippen LogP contribution in [-0.2, 0) is 4.79 Å².